The van der Waals surface area contributed by atoms with E-state index < -0.39 is 11.7 Å². The van der Waals surface area contributed by atoms with Crippen LogP contribution in [0.3, 0.4) is 0 Å². The molecule has 5 rings (SSSR count). The molecule has 0 radical (unpaired) electrons. The average molecular weight is 451 g/mol. The minimum Gasteiger partial charge on any atom is -0.457 e. The summed E-state index contributed by atoms with van der Waals surface area (Å²) >= 11 is 0. The van der Waals surface area contributed by atoms with Crippen LogP contribution in [-0.2, 0) is 6.18 Å². The minimum absolute atomic E-state index is 0.355. The molecule has 7 heteroatoms. The molecular weight excluding hydrogens is 427 g/mol. The van der Waals surface area contributed by atoms with Crippen LogP contribution in [0.15, 0.2) is 60.9 Å². The summed E-state index contributed by atoms with van der Waals surface area (Å²) in [5, 5.41) is 4.63. The van der Waals surface area contributed by atoms with E-state index in [0.717, 1.165) is 47.3 Å². The second-order valence-electron chi connectivity index (χ2n) is 8.60. The Bertz CT molecular complexity index is 1260. The normalized spacial score (nSPS) is 15.2. The quantitative estimate of drug-likeness (QED) is 0.321. The molecular formula is C26H24F3N3O. The van der Waals surface area contributed by atoms with Gasteiger partial charge in [0.05, 0.1) is 17.5 Å². The lowest BCUT2D eigenvalue weighted by atomic mass is 9.84. The van der Waals surface area contributed by atoms with Crippen LogP contribution < -0.4 is 4.74 Å². The van der Waals surface area contributed by atoms with Gasteiger partial charge in [0.2, 0.25) is 0 Å². The maximum Gasteiger partial charge on any atom is 0.416 e. The Morgan fingerprint density at radius 2 is 1.52 bits per heavy atom. The second-order valence-corrected chi connectivity index (χ2v) is 8.60. The molecule has 0 unspecified atom stereocenters. The highest BCUT2D eigenvalue weighted by molar-refractivity contribution is 5.69. The Morgan fingerprint density at radius 1 is 0.879 bits per heavy atom. The highest BCUT2D eigenvalue weighted by Gasteiger charge is 2.30. The van der Waals surface area contributed by atoms with Gasteiger partial charge in [-0.1, -0.05) is 31.4 Å². The van der Waals surface area contributed by atoms with E-state index in [9.17, 15) is 13.2 Å². The van der Waals surface area contributed by atoms with Gasteiger partial charge in [0.25, 0.3) is 0 Å². The molecule has 0 spiro atoms. The summed E-state index contributed by atoms with van der Waals surface area (Å²) in [5.41, 5.74) is 4.51. The molecule has 1 aliphatic rings. The number of benzene rings is 2. The van der Waals surface area contributed by atoms with E-state index in [1.807, 2.05) is 48.1 Å². The fourth-order valence-electron chi connectivity index (χ4n) is 4.60. The number of fused-ring (bicyclic) bond motifs is 1. The van der Waals surface area contributed by atoms with Crippen molar-refractivity contribution in [2.45, 2.75) is 51.1 Å². The molecule has 1 aliphatic carbocycles. The highest BCUT2D eigenvalue weighted by atomic mass is 19.4. The largest absolute Gasteiger partial charge is 0.457 e. The third kappa shape index (κ3) is 4.32. The summed E-state index contributed by atoms with van der Waals surface area (Å²) < 4.78 is 46.0. The molecule has 170 valence electrons. The lowest BCUT2D eigenvalue weighted by molar-refractivity contribution is -0.137. The number of aryl methyl sites for hydroxylation is 1. The van der Waals surface area contributed by atoms with Crippen molar-refractivity contribution in [2.75, 3.05) is 0 Å². The molecule has 1 fully saturated rings. The van der Waals surface area contributed by atoms with Crippen molar-refractivity contribution in [3.05, 3.63) is 77.7 Å². The van der Waals surface area contributed by atoms with Crippen LogP contribution in [0.1, 0.15) is 54.8 Å². The first-order valence-electron chi connectivity index (χ1n) is 11.2. The van der Waals surface area contributed by atoms with E-state index in [0.29, 0.717) is 17.4 Å². The second kappa shape index (κ2) is 8.54. The topological polar surface area (TPSA) is 39.4 Å². The molecule has 0 bridgehead atoms. The highest BCUT2D eigenvalue weighted by Crippen LogP contribution is 2.39. The van der Waals surface area contributed by atoms with Gasteiger partial charge in [0, 0.05) is 23.2 Å². The number of halogens is 3. The fraction of sp³-hybridized carbons (Fsp3) is 0.308. The van der Waals surface area contributed by atoms with E-state index in [4.69, 9.17) is 4.74 Å². The van der Waals surface area contributed by atoms with Crippen LogP contribution in [-0.4, -0.2) is 14.6 Å². The summed E-state index contributed by atoms with van der Waals surface area (Å²) in [7, 11) is 0. The Labute approximate surface area is 190 Å². The predicted octanol–water partition coefficient (Wildman–Crippen LogP) is 7.56. The number of hydrogen-bond acceptors (Lipinski definition) is 3. The number of aromatic nitrogens is 3. The molecule has 33 heavy (non-hydrogen) atoms. The smallest absolute Gasteiger partial charge is 0.416 e. The molecule has 4 aromatic rings. The first-order valence-corrected chi connectivity index (χ1v) is 11.2. The van der Waals surface area contributed by atoms with Gasteiger partial charge in [-0.25, -0.2) is 9.50 Å². The van der Waals surface area contributed by atoms with Gasteiger partial charge < -0.3 is 4.74 Å². The van der Waals surface area contributed by atoms with Crippen molar-refractivity contribution in [3.63, 3.8) is 0 Å². The molecule has 0 N–H and O–H groups in total. The van der Waals surface area contributed by atoms with Crippen LogP contribution >= 0.6 is 0 Å². The van der Waals surface area contributed by atoms with Crippen molar-refractivity contribution in [2.24, 2.45) is 0 Å². The van der Waals surface area contributed by atoms with Crippen molar-refractivity contribution in [3.8, 4) is 22.6 Å². The number of ether oxygens (including phenoxy) is 1. The van der Waals surface area contributed by atoms with Gasteiger partial charge in [-0.2, -0.15) is 18.3 Å². The minimum atomic E-state index is -4.36. The van der Waals surface area contributed by atoms with Gasteiger partial charge in [0.15, 0.2) is 5.65 Å². The molecule has 2 aromatic heterocycles. The molecule has 4 nitrogen and oxygen atoms in total. The number of nitrogens with zero attached hydrogens (tertiary/aromatic N) is 3. The maximum atomic E-state index is 12.8. The van der Waals surface area contributed by atoms with Crippen molar-refractivity contribution < 1.29 is 17.9 Å². The molecule has 0 saturated heterocycles. The van der Waals surface area contributed by atoms with Crippen molar-refractivity contribution in [1.82, 2.24) is 14.6 Å². The molecule has 0 amide bonds. The molecule has 0 aliphatic heterocycles. The lowest BCUT2D eigenvalue weighted by Gasteiger charge is -2.25. The number of alkyl halides is 3. The zero-order valence-electron chi connectivity index (χ0n) is 18.3. The van der Waals surface area contributed by atoms with Gasteiger partial charge in [-0.05, 0) is 61.7 Å². The monoisotopic (exact) mass is 451 g/mol. The van der Waals surface area contributed by atoms with Crippen LogP contribution in [0, 0.1) is 6.92 Å². The molecule has 2 heterocycles. The number of rotatable bonds is 4. The molecule has 0 atom stereocenters. The van der Waals surface area contributed by atoms with E-state index in [2.05, 4.69) is 10.1 Å². The Balaban J connectivity index is 1.45. The summed E-state index contributed by atoms with van der Waals surface area (Å²) in [6.07, 6.45) is 5.41. The van der Waals surface area contributed by atoms with E-state index in [1.165, 1.54) is 37.1 Å². The van der Waals surface area contributed by atoms with Crippen LogP contribution in [0.2, 0.25) is 0 Å². The fourth-order valence-corrected chi connectivity index (χ4v) is 4.60. The predicted molar refractivity (Wildman–Crippen MR) is 121 cm³/mol. The van der Waals surface area contributed by atoms with Gasteiger partial charge >= 0.3 is 6.18 Å². The van der Waals surface area contributed by atoms with Crippen LogP contribution in [0.4, 0.5) is 13.2 Å². The summed E-state index contributed by atoms with van der Waals surface area (Å²) in [4.78, 5) is 4.67. The Kier molecular flexibility index (Phi) is 5.56. The standard InChI is InChI=1S/C26H24F3N3O/c1-17-15-31-32-24(19-5-3-2-4-6-19)23(16-30-25(17)32)18-7-11-21(12-8-18)33-22-13-9-20(10-14-22)26(27,28)29/h7-16,19H,2-6H2,1H3. The van der Waals surface area contributed by atoms with Crippen LogP contribution in [0.5, 0.6) is 11.5 Å². The van der Waals surface area contributed by atoms with Gasteiger partial charge in [-0.15, -0.1) is 0 Å². The van der Waals surface area contributed by atoms with Crippen molar-refractivity contribution >= 4 is 5.65 Å². The summed E-state index contributed by atoms with van der Waals surface area (Å²) in [5.74, 6) is 1.34. The van der Waals surface area contributed by atoms with Crippen molar-refractivity contribution in [1.29, 1.82) is 0 Å². The SMILES string of the molecule is Cc1cnn2c(C3CCCCC3)c(-c3ccc(Oc4ccc(C(F)(F)F)cc4)cc3)cnc12. The number of hydrogen-bond donors (Lipinski definition) is 0. The Hall–Kier alpha value is -3.35. The average Bonchev–Trinajstić information content (AvgIpc) is 3.20. The molecule has 1 saturated carbocycles. The third-order valence-electron chi connectivity index (χ3n) is 6.31. The third-order valence-corrected chi connectivity index (χ3v) is 6.31. The zero-order chi connectivity index (χ0) is 23.0. The lowest BCUT2D eigenvalue weighted by Crippen LogP contribution is -2.12. The maximum absolute atomic E-state index is 12.8. The first-order chi connectivity index (χ1) is 15.9. The zero-order valence-corrected chi connectivity index (χ0v) is 18.3. The molecule has 2 aromatic carbocycles. The van der Waals surface area contributed by atoms with E-state index in [-0.39, 0.29) is 0 Å². The van der Waals surface area contributed by atoms with E-state index >= 15 is 0 Å². The van der Waals surface area contributed by atoms with Gasteiger partial charge in [0.1, 0.15) is 11.5 Å². The summed E-state index contributed by atoms with van der Waals surface area (Å²) in [6, 6.07) is 12.3. The van der Waals surface area contributed by atoms with E-state index in [1.54, 1.807) is 0 Å². The van der Waals surface area contributed by atoms with Crippen LogP contribution in [0.25, 0.3) is 16.8 Å². The van der Waals surface area contributed by atoms with Gasteiger partial charge in [-0.3, -0.25) is 0 Å². The first kappa shape index (κ1) is 21.5. The summed E-state index contributed by atoms with van der Waals surface area (Å²) in [6.45, 7) is 2.02. The Morgan fingerprint density at radius 3 is 2.15 bits per heavy atom.